The lowest BCUT2D eigenvalue weighted by Gasteiger charge is -2.31. The molecule has 1 amide bonds. The Kier molecular flexibility index (Phi) is 4.95. The van der Waals surface area contributed by atoms with Crippen molar-refractivity contribution in [1.82, 2.24) is 5.32 Å². The summed E-state index contributed by atoms with van der Waals surface area (Å²) >= 11 is 0. The molecule has 0 aliphatic carbocycles. The highest BCUT2D eigenvalue weighted by molar-refractivity contribution is 5.84. The Morgan fingerprint density at radius 1 is 1.62 bits per heavy atom. The number of carbonyl (C=O) groups excluding carboxylic acids is 1. The number of methoxy groups -OCH3 is 1. The summed E-state index contributed by atoms with van der Waals surface area (Å²) in [6.45, 7) is 6.18. The van der Waals surface area contributed by atoms with Gasteiger partial charge in [-0.05, 0) is 20.3 Å². The van der Waals surface area contributed by atoms with Gasteiger partial charge in [0.2, 0.25) is 5.91 Å². The lowest BCUT2D eigenvalue weighted by Crippen LogP contribution is -2.60. The van der Waals surface area contributed by atoms with Gasteiger partial charge in [0, 0.05) is 13.2 Å². The van der Waals surface area contributed by atoms with E-state index in [0.29, 0.717) is 13.0 Å². The van der Waals surface area contributed by atoms with Crippen LogP contribution in [0.5, 0.6) is 0 Å². The van der Waals surface area contributed by atoms with Gasteiger partial charge in [0.1, 0.15) is 5.54 Å². The monoisotopic (exact) mass is 188 g/mol. The third kappa shape index (κ3) is 3.32. The summed E-state index contributed by atoms with van der Waals surface area (Å²) in [6, 6.07) is 0.211. The van der Waals surface area contributed by atoms with Gasteiger partial charge in [-0.2, -0.15) is 0 Å². The van der Waals surface area contributed by atoms with Crippen LogP contribution in [0, 0.1) is 0 Å². The summed E-state index contributed by atoms with van der Waals surface area (Å²) in [5.41, 5.74) is 4.62. The summed E-state index contributed by atoms with van der Waals surface area (Å²) in [5.74, 6) is -0.356. The predicted octanol–water partition coefficient (Wildman–Crippen LogP) is 0.265. The van der Waals surface area contributed by atoms with Crippen molar-refractivity contribution >= 4 is 5.91 Å². The molecule has 4 nitrogen and oxygen atoms in total. The molecule has 0 aromatic heterocycles. The number of ether oxygens (including phenoxy) is 1. The van der Waals surface area contributed by atoms with Crippen molar-refractivity contribution in [1.29, 1.82) is 0 Å². The molecule has 1 atom stereocenters. The Hall–Kier alpha value is -0.610. The van der Waals surface area contributed by atoms with Gasteiger partial charge in [0.05, 0.1) is 6.61 Å². The second kappa shape index (κ2) is 5.19. The third-order valence-electron chi connectivity index (χ3n) is 2.03. The minimum Gasteiger partial charge on any atom is -0.382 e. The van der Waals surface area contributed by atoms with E-state index in [0.717, 1.165) is 0 Å². The van der Waals surface area contributed by atoms with Gasteiger partial charge in [-0.3, -0.25) is 10.1 Å². The molecule has 0 bridgehead atoms. The average Bonchev–Trinajstić information content (AvgIpc) is 2.02. The molecule has 0 radical (unpaired) electrons. The molecule has 0 aromatic rings. The number of nitrogens with two attached hydrogens (primary N) is 1. The minimum atomic E-state index is -0.719. The van der Waals surface area contributed by atoms with Crippen molar-refractivity contribution < 1.29 is 9.53 Å². The standard InChI is InChI=1S/C9H20N2O2/c1-5-9(6-13-4,8(10)12)11-7(2)3/h7,11H,5-6H2,1-4H3,(H2,10,12). The quantitative estimate of drug-likeness (QED) is 0.628. The molecule has 78 valence electrons. The Morgan fingerprint density at radius 2 is 2.15 bits per heavy atom. The molecule has 0 rings (SSSR count). The fraction of sp³-hybridized carbons (Fsp3) is 0.889. The Morgan fingerprint density at radius 3 is 2.38 bits per heavy atom. The molecule has 0 fully saturated rings. The topological polar surface area (TPSA) is 64.3 Å². The fourth-order valence-electron chi connectivity index (χ4n) is 1.36. The first-order valence-electron chi connectivity index (χ1n) is 4.55. The molecule has 0 spiro atoms. The summed E-state index contributed by atoms with van der Waals surface area (Å²) in [6.07, 6.45) is 0.633. The molecule has 1 unspecified atom stereocenters. The zero-order chi connectivity index (χ0) is 10.5. The minimum absolute atomic E-state index is 0.211. The van der Waals surface area contributed by atoms with Gasteiger partial charge < -0.3 is 10.5 Å². The maximum atomic E-state index is 11.3. The first kappa shape index (κ1) is 12.4. The third-order valence-corrected chi connectivity index (χ3v) is 2.03. The number of nitrogens with one attached hydrogen (secondary N) is 1. The van der Waals surface area contributed by atoms with E-state index in [1.807, 2.05) is 20.8 Å². The predicted molar refractivity (Wildman–Crippen MR) is 52.4 cm³/mol. The first-order chi connectivity index (χ1) is 5.98. The highest BCUT2D eigenvalue weighted by Gasteiger charge is 2.34. The average molecular weight is 188 g/mol. The van der Waals surface area contributed by atoms with Crippen molar-refractivity contribution in [2.24, 2.45) is 5.73 Å². The second-order valence-electron chi connectivity index (χ2n) is 3.53. The second-order valence-corrected chi connectivity index (χ2v) is 3.53. The van der Waals surface area contributed by atoms with E-state index in [2.05, 4.69) is 5.32 Å². The van der Waals surface area contributed by atoms with Gasteiger partial charge in [0.25, 0.3) is 0 Å². The fourth-order valence-corrected chi connectivity index (χ4v) is 1.36. The molecule has 4 heteroatoms. The van der Waals surface area contributed by atoms with Gasteiger partial charge in [-0.1, -0.05) is 6.92 Å². The molecule has 13 heavy (non-hydrogen) atoms. The van der Waals surface area contributed by atoms with Gasteiger partial charge in [-0.15, -0.1) is 0 Å². The molecule has 3 N–H and O–H groups in total. The molecule has 0 aliphatic rings. The van der Waals surface area contributed by atoms with Crippen molar-refractivity contribution in [2.75, 3.05) is 13.7 Å². The Labute approximate surface area is 79.8 Å². The molecule has 0 saturated carbocycles. The number of primary amides is 1. The van der Waals surface area contributed by atoms with E-state index < -0.39 is 5.54 Å². The lowest BCUT2D eigenvalue weighted by atomic mass is 9.95. The smallest absolute Gasteiger partial charge is 0.240 e. The van der Waals surface area contributed by atoms with Crippen LogP contribution in [0.1, 0.15) is 27.2 Å². The van der Waals surface area contributed by atoms with E-state index in [1.54, 1.807) is 7.11 Å². The zero-order valence-corrected chi connectivity index (χ0v) is 8.89. The highest BCUT2D eigenvalue weighted by atomic mass is 16.5. The van der Waals surface area contributed by atoms with Crippen molar-refractivity contribution in [2.45, 2.75) is 38.8 Å². The van der Waals surface area contributed by atoms with E-state index in [-0.39, 0.29) is 11.9 Å². The molecular weight excluding hydrogens is 168 g/mol. The van der Waals surface area contributed by atoms with Crippen LogP contribution in [-0.4, -0.2) is 31.2 Å². The van der Waals surface area contributed by atoms with Crippen LogP contribution >= 0.6 is 0 Å². The molecular formula is C9H20N2O2. The van der Waals surface area contributed by atoms with Crippen molar-refractivity contribution in [3.05, 3.63) is 0 Å². The number of hydrogen-bond acceptors (Lipinski definition) is 3. The molecule has 0 saturated heterocycles. The van der Waals surface area contributed by atoms with Crippen molar-refractivity contribution in [3.63, 3.8) is 0 Å². The molecule has 0 heterocycles. The van der Waals surface area contributed by atoms with E-state index in [1.165, 1.54) is 0 Å². The van der Waals surface area contributed by atoms with Crippen molar-refractivity contribution in [3.8, 4) is 0 Å². The summed E-state index contributed by atoms with van der Waals surface area (Å²) < 4.78 is 5.00. The number of rotatable bonds is 6. The number of hydrogen-bond donors (Lipinski definition) is 2. The van der Waals surface area contributed by atoms with Crippen LogP contribution in [0.4, 0.5) is 0 Å². The van der Waals surface area contributed by atoms with Gasteiger partial charge in [0.15, 0.2) is 0 Å². The zero-order valence-electron chi connectivity index (χ0n) is 8.89. The highest BCUT2D eigenvalue weighted by Crippen LogP contribution is 2.11. The van der Waals surface area contributed by atoms with E-state index >= 15 is 0 Å². The summed E-state index contributed by atoms with van der Waals surface area (Å²) in [7, 11) is 1.56. The number of amides is 1. The maximum Gasteiger partial charge on any atom is 0.240 e. The largest absolute Gasteiger partial charge is 0.382 e. The van der Waals surface area contributed by atoms with Crippen LogP contribution in [0.15, 0.2) is 0 Å². The SMILES string of the molecule is CCC(COC)(NC(C)C)C(N)=O. The summed E-state index contributed by atoms with van der Waals surface area (Å²) in [4.78, 5) is 11.3. The molecule has 0 aliphatic heterocycles. The van der Waals surface area contributed by atoms with Crippen LogP contribution < -0.4 is 11.1 Å². The van der Waals surface area contributed by atoms with Gasteiger partial charge >= 0.3 is 0 Å². The normalized spacial score (nSPS) is 15.8. The van der Waals surface area contributed by atoms with Crippen LogP contribution in [0.3, 0.4) is 0 Å². The number of carbonyl (C=O) groups is 1. The van der Waals surface area contributed by atoms with E-state index in [9.17, 15) is 4.79 Å². The van der Waals surface area contributed by atoms with Crippen LogP contribution in [0.2, 0.25) is 0 Å². The van der Waals surface area contributed by atoms with Crippen LogP contribution in [0.25, 0.3) is 0 Å². The van der Waals surface area contributed by atoms with Gasteiger partial charge in [-0.25, -0.2) is 0 Å². The van der Waals surface area contributed by atoms with Crippen LogP contribution in [-0.2, 0) is 9.53 Å². The first-order valence-corrected chi connectivity index (χ1v) is 4.55. The van der Waals surface area contributed by atoms with E-state index in [4.69, 9.17) is 10.5 Å². The Balaban J connectivity index is 4.54. The molecule has 0 aromatic carbocycles. The maximum absolute atomic E-state index is 11.3. The lowest BCUT2D eigenvalue weighted by molar-refractivity contribution is -0.127. The summed E-state index contributed by atoms with van der Waals surface area (Å²) in [5, 5.41) is 3.14. The Bertz CT molecular complexity index is 171.